The van der Waals surface area contributed by atoms with Gasteiger partial charge in [0, 0.05) is 11.6 Å². The zero-order chi connectivity index (χ0) is 14.6. The third-order valence-corrected chi connectivity index (χ3v) is 3.66. The van der Waals surface area contributed by atoms with E-state index in [9.17, 15) is 14.5 Å². The van der Waals surface area contributed by atoms with Crippen LogP contribution in [0.25, 0.3) is 0 Å². The average Bonchev–Trinajstić information content (AvgIpc) is 2.38. The number of nitrogens with zero attached hydrogens (tertiary/aromatic N) is 1. The zero-order valence-electron chi connectivity index (χ0n) is 11.3. The molecule has 1 aliphatic carbocycles. The van der Waals surface area contributed by atoms with Crippen LogP contribution in [0.15, 0.2) is 18.2 Å². The number of rotatable bonds is 5. The summed E-state index contributed by atoms with van der Waals surface area (Å²) in [5, 5.41) is 10.7. The fourth-order valence-electron chi connectivity index (χ4n) is 2.59. The third-order valence-electron chi connectivity index (χ3n) is 3.66. The lowest BCUT2D eigenvalue weighted by Crippen LogP contribution is -2.46. The molecule has 0 heterocycles. The van der Waals surface area contributed by atoms with Gasteiger partial charge in [-0.3, -0.25) is 10.1 Å². The van der Waals surface area contributed by atoms with Crippen molar-refractivity contribution in [2.75, 3.05) is 6.61 Å². The van der Waals surface area contributed by atoms with Crippen LogP contribution >= 0.6 is 0 Å². The summed E-state index contributed by atoms with van der Waals surface area (Å²) in [5.74, 6) is -0.627. The average molecular weight is 282 g/mol. The van der Waals surface area contributed by atoms with Crippen molar-refractivity contribution in [1.29, 1.82) is 0 Å². The van der Waals surface area contributed by atoms with Crippen LogP contribution in [0.1, 0.15) is 37.7 Å². The Labute approximate surface area is 117 Å². The maximum atomic E-state index is 13.3. The monoisotopic (exact) mass is 282 g/mol. The Bertz CT molecular complexity index is 487. The number of nitro benzene ring substituents is 1. The second-order valence-electron chi connectivity index (χ2n) is 5.49. The SMILES string of the molecule is NC1(COCc2cc(F)cc([N+](=O)[O-])c2)CCCCC1. The minimum atomic E-state index is -0.627. The Kier molecular flexibility index (Phi) is 4.67. The van der Waals surface area contributed by atoms with Gasteiger partial charge in [0.1, 0.15) is 5.82 Å². The molecule has 0 aromatic heterocycles. The van der Waals surface area contributed by atoms with Crippen molar-refractivity contribution in [3.8, 4) is 0 Å². The molecule has 5 nitrogen and oxygen atoms in total. The molecule has 0 saturated heterocycles. The maximum absolute atomic E-state index is 13.3. The van der Waals surface area contributed by atoms with E-state index in [1.807, 2.05) is 0 Å². The van der Waals surface area contributed by atoms with E-state index in [-0.39, 0.29) is 17.8 Å². The molecule has 0 aliphatic heterocycles. The molecule has 1 aromatic rings. The van der Waals surface area contributed by atoms with Crippen LogP contribution in [-0.2, 0) is 11.3 Å². The van der Waals surface area contributed by atoms with E-state index >= 15 is 0 Å². The van der Waals surface area contributed by atoms with Gasteiger partial charge in [0.15, 0.2) is 0 Å². The number of ether oxygens (including phenoxy) is 1. The molecule has 20 heavy (non-hydrogen) atoms. The number of nitrogens with two attached hydrogens (primary N) is 1. The molecule has 0 spiro atoms. The van der Waals surface area contributed by atoms with E-state index in [0.717, 1.165) is 31.7 Å². The van der Waals surface area contributed by atoms with Crippen molar-refractivity contribution in [3.63, 3.8) is 0 Å². The molecule has 2 rings (SSSR count). The quantitative estimate of drug-likeness (QED) is 0.665. The topological polar surface area (TPSA) is 78.4 Å². The van der Waals surface area contributed by atoms with E-state index in [2.05, 4.69) is 0 Å². The Morgan fingerprint density at radius 3 is 2.65 bits per heavy atom. The Morgan fingerprint density at radius 2 is 2.00 bits per heavy atom. The predicted molar refractivity (Wildman–Crippen MR) is 72.7 cm³/mol. The zero-order valence-corrected chi connectivity index (χ0v) is 11.3. The van der Waals surface area contributed by atoms with Gasteiger partial charge in [0.25, 0.3) is 5.69 Å². The van der Waals surface area contributed by atoms with Gasteiger partial charge in [-0.25, -0.2) is 4.39 Å². The van der Waals surface area contributed by atoms with Crippen molar-refractivity contribution < 1.29 is 14.1 Å². The lowest BCUT2D eigenvalue weighted by Gasteiger charge is -2.33. The fraction of sp³-hybridized carbons (Fsp3) is 0.571. The number of non-ortho nitro benzene ring substituents is 1. The van der Waals surface area contributed by atoms with Crippen molar-refractivity contribution in [1.82, 2.24) is 0 Å². The largest absolute Gasteiger partial charge is 0.375 e. The molecule has 1 aromatic carbocycles. The van der Waals surface area contributed by atoms with Crippen LogP contribution in [0.2, 0.25) is 0 Å². The molecular formula is C14H19FN2O3. The highest BCUT2D eigenvalue weighted by molar-refractivity contribution is 5.34. The highest BCUT2D eigenvalue weighted by Gasteiger charge is 2.27. The van der Waals surface area contributed by atoms with Crippen LogP contribution in [0, 0.1) is 15.9 Å². The molecule has 1 fully saturated rings. The van der Waals surface area contributed by atoms with E-state index in [0.29, 0.717) is 12.2 Å². The van der Waals surface area contributed by atoms with Crippen LogP contribution < -0.4 is 5.73 Å². The summed E-state index contributed by atoms with van der Waals surface area (Å²) >= 11 is 0. The van der Waals surface area contributed by atoms with E-state index in [4.69, 9.17) is 10.5 Å². The highest BCUT2D eigenvalue weighted by Crippen LogP contribution is 2.26. The fourth-order valence-corrected chi connectivity index (χ4v) is 2.59. The molecule has 0 bridgehead atoms. The van der Waals surface area contributed by atoms with Crippen molar-refractivity contribution in [2.24, 2.45) is 5.73 Å². The van der Waals surface area contributed by atoms with Gasteiger partial charge in [-0.05, 0) is 24.5 Å². The van der Waals surface area contributed by atoms with Crippen molar-refractivity contribution >= 4 is 5.69 Å². The molecule has 2 N–H and O–H groups in total. The van der Waals surface area contributed by atoms with Gasteiger partial charge in [0.2, 0.25) is 0 Å². The smallest absolute Gasteiger partial charge is 0.272 e. The summed E-state index contributed by atoms with van der Waals surface area (Å²) in [4.78, 5) is 10.0. The molecule has 0 amide bonds. The van der Waals surface area contributed by atoms with Crippen LogP contribution in [0.3, 0.4) is 0 Å². The lowest BCUT2D eigenvalue weighted by atomic mass is 9.83. The van der Waals surface area contributed by atoms with E-state index in [1.54, 1.807) is 0 Å². The van der Waals surface area contributed by atoms with Gasteiger partial charge in [-0.2, -0.15) is 0 Å². The number of benzene rings is 1. The van der Waals surface area contributed by atoms with Gasteiger partial charge < -0.3 is 10.5 Å². The van der Waals surface area contributed by atoms with Crippen LogP contribution in [0.4, 0.5) is 10.1 Å². The van der Waals surface area contributed by atoms with Gasteiger partial charge in [0.05, 0.1) is 24.2 Å². The van der Waals surface area contributed by atoms with Gasteiger partial charge >= 0.3 is 0 Å². The minimum Gasteiger partial charge on any atom is -0.375 e. The van der Waals surface area contributed by atoms with Crippen molar-refractivity contribution in [3.05, 3.63) is 39.7 Å². The van der Waals surface area contributed by atoms with Gasteiger partial charge in [-0.15, -0.1) is 0 Å². The lowest BCUT2D eigenvalue weighted by molar-refractivity contribution is -0.385. The second-order valence-corrected chi connectivity index (χ2v) is 5.49. The molecule has 6 heteroatoms. The summed E-state index contributed by atoms with van der Waals surface area (Å²) in [6, 6.07) is 3.47. The summed E-state index contributed by atoms with van der Waals surface area (Å²) in [6.07, 6.45) is 5.26. The Hall–Kier alpha value is -1.53. The standard InChI is InChI=1S/C14H19FN2O3/c15-12-6-11(7-13(8-12)17(18)19)9-20-10-14(16)4-2-1-3-5-14/h6-8H,1-5,9-10,16H2. The molecule has 0 radical (unpaired) electrons. The highest BCUT2D eigenvalue weighted by atomic mass is 19.1. The van der Waals surface area contributed by atoms with E-state index < -0.39 is 10.7 Å². The first-order chi connectivity index (χ1) is 9.48. The summed E-state index contributed by atoms with van der Waals surface area (Å²) < 4.78 is 18.8. The molecule has 1 aliphatic rings. The molecular weight excluding hydrogens is 263 g/mol. The van der Waals surface area contributed by atoms with Gasteiger partial charge in [-0.1, -0.05) is 19.3 Å². The minimum absolute atomic E-state index is 0.136. The molecule has 0 atom stereocenters. The van der Waals surface area contributed by atoms with Crippen LogP contribution in [0.5, 0.6) is 0 Å². The maximum Gasteiger partial charge on any atom is 0.272 e. The second kappa shape index (κ2) is 6.28. The number of hydrogen-bond acceptors (Lipinski definition) is 4. The Balaban J connectivity index is 1.92. The number of halogens is 1. The first-order valence-corrected chi connectivity index (χ1v) is 6.79. The summed E-state index contributed by atoms with van der Waals surface area (Å²) in [6.45, 7) is 0.537. The normalized spacial score (nSPS) is 17.9. The Morgan fingerprint density at radius 1 is 1.30 bits per heavy atom. The molecule has 1 saturated carbocycles. The molecule has 110 valence electrons. The summed E-state index contributed by atoms with van der Waals surface area (Å²) in [5.41, 5.74) is 6.11. The first kappa shape index (κ1) is 14.9. The summed E-state index contributed by atoms with van der Waals surface area (Å²) in [7, 11) is 0. The first-order valence-electron chi connectivity index (χ1n) is 6.79. The van der Waals surface area contributed by atoms with Crippen LogP contribution in [-0.4, -0.2) is 17.1 Å². The number of nitro groups is 1. The van der Waals surface area contributed by atoms with E-state index in [1.165, 1.54) is 18.6 Å². The predicted octanol–water partition coefficient (Wildman–Crippen LogP) is 2.91. The third kappa shape index (κ3) is 3.98. The van der Waals surface area contributed by atoms with Crippen molar-refractivity contribution in [2.45, 2.75) is 44.2 Å². The molecule has 0 unspecified atom stereocenters. The number of hydrogen-bond donors (Lipinski definition) is 1.